The van der Waals surface area contributed by atoms with E-state index in [4.69, 9.17) is 0 Å². The van der Waals surface area contributed by atoms with Gasteiger partial charge >= 0.3 is 0 Å². The molecule has 0 unspecified atom stereocenters. The Morgan fingerprint density at radius 3 is 2.53 bits per heavy atom. The first-order valence-electron chi connectivity index (χ1n) is 5.51. The number of imide groups is 1. The van der Waals surface area contributed by atoms with Gasteiger partial charge in [0.25, 0.3) is 0 Å². The smallest absolute Gasteiger partial charge is 0.246 e. The molecule has 5 nitrogen and oxygen atoms in total. The monoisotopic (exact) mass is 233 g/mol. The summed E-state index contributed by atoms with van der Waals surface area (Å²) in [7, 11) is 1.87. The second-order valence-corrected chi connectivity index (χ2v) is 3.99. The lowest BCUT2D eigenvalue weighted by atomic mass is 10.1. The summed E-state index contributed by atoms with van der Waals surface area (Å²) in [6.45, 7) is 1.17. The van der Waals surface area contributed by atoms with Gasteiger partial charge in [-0.2, -0.15) is 0 Å². The maximum Gasteiger partial charge on any atom is 0.246 e. The van der Waals surface area contributed by atoms with Crippen LogP contribution in [0.15, 0.2) is 24.3 Å². The van der Waals surface area contributed by atoms with Crippen LogP contribution in [-0.2, 0) is 16.1 Å². The van der Waals surface area contributed by atoms with Crippen LogP contribution in [-0.4, -0.2) is 32.0 Å². The van der Waals surface area contributed by atoms with E-state index in [-0.39, 0.29) is 24.9 Å². The highest BCUT2D eigenvalue weighted by Crippen LogP contribution is 2.20. The quantitative estimate of drug-likeness (QED) is 0.714. The van der Waals surface area contributed by atoms with Crippen molar-refractivity contribution in [3.63, 3.8) is 0 Å². The molecule has 1 aromatic carbocycles. The molecule has 1 aliphatic heterocycles. The van der Waals surface area contributed by atoms with E-state index >= 15 is 0 Å². The molecule has 0 atom stereocenters. The minimum absolute atomic E-state index is 0.229. The number of piperazine rings is 1. The zero-order valence-corrected chi connectivity index (χ0v) is 9.69. The summed E-state index contributed by atoms with van der Waals surface area (Å²) < 4.78 is 0. The summed E-state index contributed by atoms with van der Waals surface area (Å²) in [6, 6.07) is 7.77. The summed E-state index contributed by atoms with van der Waals surface area (Å²) in [5.74, 6) is -0.499. The van der Waals surface area contributed by atoms with Gasteiger partial charge in [0.05, 0.1) is 13.1 Å². The van der Waals surface area contributed by atoms with Crippen molar-refractivity contribution in [1.82, 2.24) is 10.6 Å². The van der Waals surface area contributed by atoms with Crippen LogP contribution in [0, 0.1) is 0 Å². The SMILES string of the molecule is CNCc1ccccc1N1CC(=O)NC(=O)C1. The number of para-hydroxylation sites is 1. The number of carbonyl (C=O) groups is 2. The van der Waals surface area contributed by atoms with Crippen LogP contribution in [0.3, 0.4) is 0 Å². The molecule has 0 aliphatic carbocycles. The fraction of sp³-hybridized carbons (Fsp3) is 0.333. The second-order valence-electron chi connectivity index (χ2n) is 3.99. The summed E-state index contributed by atoms with van der Waals surface area (Å²) in [5, 5.41) is 5.37. The fourth-order valence-corrected chi connectivity index (χ4v) is 1.97. The Morgan fingerprint density at radius 1 is 1.24 bits per heavy atom. The predicted octanol–water partition coefficient (Wildman–Crippen LogP) is -0.131. The van der Waals surface area contributed by atoms with Crippen molar-refractivity contribution in [2.75, 3.05) is 25.0 Å². The van der Waals surface area contributed by atoms with E-state index in [0.29, 0.717) is 6.54 Å². The van der Waals surface area contributed by atoms with Crippen molar-refractivity contribution in [2.24, 2.45) is 0 Å². The van der Waals surface area contributed by atoms with E-state index in [1.165, 1.54) is 0 Å². The largest absolute Gasteiger partial charge is 0.353 e. The van der Waals surface area contributed by atoms with E-state index < -0.39 is 0 Å². The molecule has 17 heavy (non-hydrogen) atoms. The molecule has 0 bridgehead atoms. The standard InChI is InChI=1S/C12H15N3O2/c1-13-6-9-4-2-3-5-10(9)15-7-11(16)14-12(17)8-15/h2-5,13H,6-8H2,1H3,(H,14,16,17). The third kappa shape index (κ3) is 2.62. The first-order chi connectivity index (χ1) is 8.20. The molecular weight excluding hydrogens is 218 g/mol. The van der Waals surface area contributed by atoms with Gasteiger partial charge < -0.3 is 10.2 Å². The predicted molar refractivity (Wildman–Crippen MR) is 64.6 cm³/mol. The lowest BCUT2D eigenvalue weighted by Crippen LogP contribution is -2.51. The molecule has 90 valence electrons. The highest BCUT2D eigenvalue weighted by molar-refractivity contribution is 6.02. The van der Waals surface area contributed by atoms with Crippen molar-refractivity contribution >= 4 is 17.5 Å². The molecule has 1 saturated heterocycles. The number of rotatable bonds is 3. The lowest BCUT2D eigenvalue weighted by molar-refractivity contribution is -0.130. The van der Waals surface area contributed by atoms with Gasteiger partial charge in [0.1, 0.15) is 0 Å². The minimum Gasteiger partial charge on any atom is -0.353 e. The number of carbonyl (C=O) groups excluding carboxylic acids is 2. The number of benzene rings is 1. The number of nitrogens with one attached hydrogen (secondary N) is 2. The van der Waals surface area contributed by atoms with Crippen LogP contribution in [0.4, 0.5) is 5.69 Å². The molecule has 5 heteroatoms. The first-order valence-corrected chi connectivity index (χ1v) is 5.51. The Morgan fingerprint density at radius 2 is 1.88 bits per heavy atom. The Labute approximate surface area is 99.8 Å². The average Bonchev–Trinajstić information content (AvgIpc) is 2.29. The van der Waals surface area contributed by atoms with Crippen molar-refractivity contribution in [3.05, 3.63) is 29.8 Å². The zero-order chi connectivity index (χ0) is 12.3. The maximum absolute atomic E-state index is 11.3. The number of nitrogens with zero attached hydrogens (tertiary/aromatic N) is 1. The van der Waals surface area contributed by atoms with Gasteiger partial charge in [-0.1, -0.05) is 18.2 Å². The van der Waals surface area contributed by atoms with E-state index in [9.17, 15) is 9.59 Å². The van der Waals surface area contributed by atoms with Crippen LogP contribution in [0.5, 0.6) is 0 Å². The first kappa shape index (κ1) is 11.6. The van der Waals surface area contributed by atoms with Crippen LogP contribution in [0.25, 0.3) is 0 Å². The molecular formula is C12H15N3O2. The summed E-state index contributed by atoms with van der Waals surface area (Å²) in [4.78, 5) is 24.5. The Kier molecular flexibility index (Phi) is 3.39. The molecule has 2 N–H and O–H groups in total. The van der Waals surface area contributed by atoms with Crippen molar-refractivity contribution in [3.8, 4) is 0 Å². The summed E-state index contributed by atoms with van der Waals surface area (Å²) in [5.41, 5.74) is 2.02. The van der Waals surface area contributed by atoms with Gasteiger partial charge in [0, 0.05) is 12.2 Å². The highest BCUT2D eigenvalue weighted by Gasteiger charge is 2.23. The van der Waals surface area contributed by atoms with E-state index in [0.717, 1.165) is 11.3 Å². The molecule has 1 aromatic rings. The van der Waals surface area contributed by atoms with E-state index in [1.54, 1.807) is 4.90 Å². The molecule has 2 rings (SSSR count). The number of anilines is 1. The van der Waals surface area contributed by atoms with Crippen molar-refractivity contribution in [2.45, 2.75) is 6.54 Å². The summed E-state index contributed by atoms with van der Waals surface area (Å²) in [6.07, 6.45) is 0. The Balaban J connectivity index is 2.26. The molecule has 1 fully saturated rings. The Hall–Kier alpha value is -1.88. The average molecular weight is 233 g/mol. The zero-order valence-electron chi connectivity index (χ0n) is 9.69. The highest BCUT2D eigenvalue weighted by atomic mass is 16.2. The van der Waals surface area contributed by atoms with Gasteiger partial charge in [-0.05, 0) is 18.7 Å². The second kappa shape index (κ2) is 4.97. The fourth-order valence-electron chi connectivity index (χ4n) is 1.97. The number of hydrogen-bond donors (Lipinski definition) is 2. The van der Waals surface area contributed by atoms with E-state index in [1.807, 2.05) is 31.3 Å². The van der Waals surface area contributed by atoms with Gasteiger partial charge in [-0.3, -0.25) is 14.9 Å². The van der Waals surface area contributed by atoms with Gasteiger partial charge in [-0.15, -0.1) is 0 Å². The van der Waals surface area contributed by atoms with Crippen molar-refractivity contribution in [1.29, 1.82) is 0 Å². The maximum atomic E-state index is 11.3. The number of amides is 2. The van der Waals surface area contributed by atoms with Crippen molar-refractivity contribution < 1.29 is 9.59 Å². The van der Waals surface area contributed by atoms with Crippen LogP contribution in [0.1, 0.15) is 5.56 Å². The Bertz CT molecular complexity index is 429. The molecule has 0 saturated carbocycles. The topological polar surface area (TPSA) is 61.4 Å². The molecule has 2 amide bonds. The van der Waals surface area contributed by atoms with Gasteiger partial charge in [0.15, 0.2) is 0 Å². The molecule has 0 aromatic heterocycles. The molecule has 1 heterocycles. The van der Waals surface area contributed by atoms with Crippen LogP contribution < -0.4 is 15.5 Å². The third-order valence-corrected chi connectivity index (χ3v) is 2.65. The number of hydrogen-bond acceptors (Lipinski definition) is 4. The van der Waals surface area contributed by atoms with Crippen LogP contribution >= 0.6 is 0 Å². The molecule has 1 aliphatic rings. The normalized spacial score (nSPS) is 15.9. The van der Waals surface area contributed by atoms with Gasteiger partial charge in [0.2, 0.25) is 11.8 Å². The molecule has 0 radical (unpaired) electrons. The third-order valence-electron chi connectivity index (χ3n) is 2.65. The minimum atomic E-state index is -0.250. The lowest BCUT2D eigenvalue weighted by Gasteiger charge is -2.29. The molecule has 0 spiro atoms. The summed E-state index contributed by atoms with van der Waals surface area (Å²) >= 11 is 0. The van der Waals surface area contributed by atoms with Crippen LogP contribution in [0.2, 0.25) is 0 Å². The van der Waals surface area contributed by atoms with E-state index in [2.05, 4.69) is 10.6 Å². The van der Waals surface area contributed by atoms with Gasteiger partial charge in [-0.25, -0.2) is 0 Å².